The zero-order chi connectivity index (χ0) is 24.9. The van der Waals surface area contributed by atoms with E-state index in [0.29, 0.717) is 24.0 Å². The fourth-order valence-electron chi connectivity index (χ4n) is 4.86. The lowest BCUT2D eigenvalue weighted by Crippen LogP contribution is -2.52. The zero-order valence-corrected chi connectivity index (χ0v) is 20.1. The molecule has 0 spiro atoms. The molecule has 1 saturated heterocycles. The van der Waals surface area contributed by atoms with Crippen LogP contribution >= 0.6 is 0 Å². The summed E-state index contributed by atoms with van der Waals surface area (Å²) in [7, 11) is 1.74. The smallest absolute Gasteiger partial charge is 0.319 e. The Morgan fingerprint density at radius 3 is 2.74 bits per heavy atom. The van der Waals surface area contributed by atoms with E-state index in [1.807, 2.05) is 18.2 Å². The first-order valence-corrected chi connectivity index (χ1v) is 11.9. The summed E-state index contributed by atoms with van der Waals surface area (Å²) in [5.74, 6) is 0.763. The van der Waals surface area contributed by atoms with E-state index in [0.717, 1.165) is 43.5 Å². The molecule has 0 unspecified atom stereocenters. The molecular weight excluding hydrogens is 449 g/mol. The van der Waals surface area contributed by atoms with Gasteiger partial charge in [-0.1, -0.05) is 24.3 Å². The van der Waals surface area contributed by atoms with Gasteiger partial charge in [0.25, 0.3) is 0 Å². The van der Waals surface area contributed by atoms with Crippen LogP contribution < -0.4 is 10.6 Å². The van der Waals surface area contributed by atoms with Crippen molar-refractivity contribution in [3.05, 3.63) is 59.9 Å². The third-order valence-electron chi connectivity index (χ3n) is 6.69. The molecule has 0 bridgehead atoms. The number of anilines is 1. The van der Waals surface area contributed by atoms with Crippen molar-refractivity contribution < 1.29 is 14.3 Å². The monoisotopic (exact) mass is 481 g/mol. The van der Waals surface area contributed by atoms with E-state index in [-0.39, 0.29) is 5.82 Å². The third kappa shape index (κ3) is 6.01. The van der Waals surface area contributed by atoms with E-state index in [4.69, 9.17) is 5.73 Å². The minimum atomic E-state index is -0.799. The number of nitrogens with zero attached hydrogens (tertiary/aromatic N) is 6. The van der Waals surface area contributed by atoms with Crippen LogP contribution in [0.4, 0.5) is 14.9 Å². The average molecular weight is 482 g/mol. The van der Waals surface area contributed by atoms with Gasteiger partial charge in [0.15, 0.2) is 5.82 Å². The third-order valence-corrected chi connectivity index (χ3v) is 6.69. The van der Waals surface area contributed by atoms with Crippen molar-refractivity contribution in [2.45, 2.75) is 38.3 Å². The number of carbonyl (C=O) groups excluding carboxylic acids is 1. The average Bonchev–Trinajstić information content (AvgIpc) is 3.27. The fourth-order valence-corrected chi connectivity index (χ4v) is 4.86. The topological polar surface area (TPSA) is 113 Å². The summed E-state index contributed by atoms with van der Waals surface area (Å²) in [6.45, 7) is 3.95. The number of rotatable bonds is 8. The van der Waals surface area contributed by atoms with Gasteiger partial charge in [0.1, 0.15) is 5.82 Å². The molecule has 0 radical (unpaired) electrons. The van der Waals surface area contributed by atoms with Crippen molar-refractivity contribution in [1.29, 1.82) is 0 Å². The zero-order valence-electron chi connectivity index (χ0n) is 20.1. The molecule has 3 atom stereocenters. The number of β-amino-alcohol motifs (C(OH)–C–C–N with tert-alkyl or cyclic N) is 1. The van der Waals surface area contributed by atoms with Gasteiger partial charge >= 0.3 is 6.03 Å². The first-order valence-electron chi connectivity index (χ1n) is 11.9. The molecule has 2 amide bonds. The Kier molecular flexibility index (Phi) is 7.72. The number of hydrogen-bond acceptors (Lipinski definition) is 6. The van der Waals surface area contributed by atoms with Gasteiger partial charge in [-0.15, -0.1) is 5.10 Å². The Bertz CT molecular complexity index is 1140. The van der Waals surface area contributed by atoms with Gasteiger partial charge in [0.05, 0.1) is 12.1 Å². The molecular formula is C25H32FN7O2. The number of piperidine rings is 1. The van der Waals surface area contributed by atoms with E-state index in [1.165, 1.54) is 17.0 Å². The Morgan fingerprint density at radius 1 is 1.29 bits per heavy atom. The number of urea groups is 1. The highest BCUT2D eigenvalue weighted by atomic mass is 19.1. The molecule has 0 saturated carbocycles. The van der Waals surface area contributed by atoms with Crippen molar-refractivity contribution in [1.82, 2.24) is 25.1 Å². The molecule has 10 heteroatoms. The second-order valence-electron chi connectivity index (χ2n) is 9.29. The van der Waals surface area contributed by atoms with E-state index >= 15 is 0 Å². The molecule has 4 rings (SSSR count). The van der Waals surface area contributed by atoms with Gasteiger partial charge in [0, 0.05) is 31.4 Å². The van der Waals surface area contributed by atoms with Crippen LogP contribution in [-0.2, 0) is 13.5 Å². The molecule has 35 heavy (non-hydrogen) atoms. The number of carbonyl (C=O) groups is 1. The molecule has 3 aromatic rings. The van der Waals surface area contributed by atoms with Gasteiger partial charge < -0.3 is 15.7 Å². The number of benzene rings is 2. The number of primary amides is 1. The maximum atomic E-state index is 13.2. The first kappa shape index (κ1) is 24.7. The number of halogens is 1. The highest BCUT2D eigenvalue weighted by Gasteiger charge is 2.30. The van der Waals surface area contributed by atoms with Crippen LogP contribution in [0, 0.1) is 11.7 Å². The molecule has 9 nitrogen and oxygen atoms in total. The van der Waals surface area contributed by atoms with Crippen molar-refractivity contribution in [2.75, 3.05) is 24.5 Å². The van der Waals surface area contributed by atoms with E-state index in [1.54, 1.807) is 36.9 Å². The number of tetrazole rings is 1. The van der Waals surface area contributed by atoms with Crippen molar-refractivity contribution >= 4 is 11.7 Å². The molecule has 2 heterocycles. The Morgan fingerprint density at radius 2 is 2.06 bits per heavy atom. The molecule has 1 aliphatic heterocycles. The van der Waals surface area contributed by atoms with Crippen LogP contribution in [0.1, 0.15) is 25.3 Å². The molecule has 1 aliphatic rings. The first-order chi connectivity index (χ1) is 16.8. The number of aliphatic hydroxyl groups is 1. The summed E-state index contributed by atoms with van der Waals surface area (Å²) in [6, 6.07) is 12.7. The molecule has 2 aromatic carbocycles. The highest BCUT2D eigenvalue weighted by Crippen LogP contribution is 2.26. The fraction of sp³-hybridized carbons (Fsp3) is 0.440. The van der Waals surface area contributed by atoms with Gasteiger partial charge in [-0.2, -0.15) is 0 Å². The minimum Gasteiger partial charge on any atom is -0.390 e. The Labute approximate surface area is 204 Å². The van der Waals surface area contributed by atoms with Crippen LogP contribution in [-0.4, -0.2) is 68.0 Å². The second kappa shape index (κ2) is 10.9. The lowest BCUT2D eigenvalue weighted by Gasteiger charge is -2.37. The normalized spacial score (nSPS) is 18.2. The standard InChI is InChI=1S/C25H32FN7O2/c1-17(33(25(27)35)22-7-3-6-20(14-22)24-28-29-30-31(24)2)23(34)16-32-12-4-5-19(15-32)13-18-8-10-21(26)11-9-18/h3,6-11,14,17,19,23,34H,4-5,12-13,15-16H2,1-2H3,(H2,27,35)/t17-,19+,23+/m1/s1. The van der Waals surface area contributed by atoms with Gasteiger partial charge in [-0.05, 0) is 78.9 Å². The molecule has 0 aliphatic carbocycles. The minimum absolute atomic E-state index is 0.228. The van der Waals surface area contributed by atoms with Crippen LogP contribution in [0.25, 0.3) is 11.4 Å². The summed E-state index contributed by atoms with van der Waals surface area (Å²) < 4.78 is 14.8. The predicted octanol–water partition coefficient (Wildman–Crippen LogP) is 2.61. The second-order valence-corrected chi connectivity index (χ2v) is 9.29. The predicted molar refractivity (Wildman–Crippen MR) is 131 cm³/mol. The Balaban J connectivity index is 1.42. The van der Waals surface area contributed by atoms with Crippen LogP contribution in [0.5, 0.6) is 0 Å². The lowest BCUT2D eigenvalue weighted by atomic mass is 9.91. The molecule has 186 valence electrons. The van der Waals surface area contributed by atoms with E-state index in [9.17, 15) is 14.3 Å². The highest BCUT2D eigenvalue weighted by molar-refractivity contribution is 5.92. The van der Waals surface area contributed by atoms with E-state index in [2.05, 4.69) is 20.4 Å². The molecule has 1 fully saturated rings. The quantitative estimate of drug-likeness (QED) is 0.511. The van der Waals surface area contributed by atoms with Crippen LogP contribution in [0.3, 0.4) is 0 Å². The van der Waals surface area contributed by atoms with Gasteiger partial charge in [0.2, 0.25) is 0 Å². The summed E-state index contributed by atoms with van der Waals surface area (Å²) in [4.78, 5) is 16.1. The number of nitrogens with two attached hydrogens (primary N) is 1. The van der Waals surface area contributed by atoms with Crippen molar-refractivity contribution in [3.8, 4) is 11.4 Å². The summed E-state index contributed by atoms with van der Waals surface area (Å²) in [5, 5.41) is 22.6. The van der Waals surface area contributed by atoms with Crippen molar-refractivity contribution in [3.63, 3.8) is 0 Å². The van der Waals surface area contributed by atoms with Gasteiger partial charge in [-0.25, -0.2) is 13.9 Å². The maximum absolute atomic E-state index is 13.2. The largest absolute Gasteiger partial charge is 0.390 e. The SMILES string of the molecule is C[C@H]([C@@H](O)CN1CCC[C@@H](Cc2ccc(F)cc2)C1)N(C(N)=O)c1cccc(-c2nnnn2C)c1. The number of aliphatic hydroxyl groups excluding tert-OH is 1. The summed E-state index contributed by atoms with van der Waals surface area (Å²) in [6.07, 6.45) is 2.20. The van der Waals surface area contributed by atoms with E-state index < -0.39 is 18.2 Å². The van der Waals surface area contributed by atoms with Gasteiger partial charge in [-0.3, -0.25) is 4.90 Å². The Hall–Kier alpha value is -3.37. The van der Waals surface area contributed by atoms with Crippen LogP contribution in [0.2, 0.25) is 0 Å². The number of aryl methyl sites for hydroxylation is 1. The molecule has 1 aromatic heterocycles. The number of hydrogen-bond donors (Lipinski definition) is 2. The summed E-state index contributed by atoms with van der Waals surface area (Å²) >= 11 is 0. The van der Waals surface area contributed by atoms with Crippen LogP contribution in [0.15, 0.2) is 48.5 Å². The number of aromatic nitrogens is 4. The van der Waals surface area contributed by atoms with Crippen molar-refractivity contribution in [2.24, 2.45) is 18.7 Å². The summed E-state index contributed by atoms with van der Waals surface area (Å²) in [5.41, 5.74) is 8.17. The number of amides is 2. The maximum Gasteiger partial charge on any atom is 0.319 e. The lowest BCUT2D eigenvalue weighted by molar-refractivity contribution is 0.0713. The number of likely N-dealkylation sites (tertiary alicyclic amines) is 1. The molecule has 3 N–H and O–H groups in total.